The van der Waals surface area contributed by atoms with Crippen LogP contribution in [0.5, 0.6) is 0 Å². The van der Waals surface area contributed by atoms with E-state index >= 15 is 4.39 Å². The summed E-state index contributed by atoms with van der Waals surface area (Å²) in [7, 11) is 0. The highest BCUT2D eigenvalue weighted by molar-refractivity contribution is 5.75. The second-order valence-electron chi connectivity index (χ2n) is 9.07. The van der Waals surface area contributed by atoms with Crippen LogP contribution in [0.3, 0.4) is 0 Å². The largest absolute Gasteiger partial charge is 0.416 e. The van der Waals surface area contributed by atoms with Crippen molar-refractivity contribution in [2.45, 2.75) is 24.6 Å². The maximum Gasteiger partial charge on any atom is 0.416 e. The van der Waals surface area contributed by atoms with Crippen molar-refractivity contribution in [1.82, 2.24) is 14.9 Å². The van der Waals surface area contributed by atoms with Crippen molar-refractivity contribution in [3.05, 3.63) is 47.5 Å². The fourth-order valence-electron chi connectivity index (χ4n) is 4.59. The number of carbonyl (C=O) groups excluding carboxylic acids is 1. The molecule has 2 saturated heterocycles. The monoisotopic (exact) mass is 532 g/mol. The van der Waals surface area contributed by atoms with Crippen LogP contribution in [0.25, 0.3) is 0 Å². The SMILES string of the molecule is NC(=O)CN1CC[C@H](CNc2ncnc(N3CCOC[C@@H]3c3ccc(C(F)(F)F)cc3)c2F)C(F)(F)C1. The number of hydrogen-bond donors (Lipinski definition) is 2. The standard InChI is InChI=1S/C23H26F6N6O2/c24-19-20(31-9-16-5-6-34(10-18(30)36)12-22(16,25)26)32-13-33-21(19)35-7-8-37-11-17(35)14-1-3-15(4-2-14)23(27,28)29/h1-4,13,16-17H,5-12H2,(H2,30,36)(H,31,32,33)/t16-,17-/m1/s1. The third-order valence-corrected chi connectivity index (χ3v) is 6.52. The minimum absolute atomic E-state index is 0.0618. The molecule has 1 amide bonds. The molecule has 0 unspecified atom stereocenters. The lowest BCUT2D eigenvalue weighted by molar-refractivity contribution is -0.137. The van der Waals surface area contributed by atoms with Crippen molar-refractivity contribution in [1.29, 1.82) is 0 Å². The number of rotatable bonds is 7. The molecule has 2 aliphatic heterocycles. The molecule has 8 nitrogen and oxygen atoms in total. The third kappa shape index (κ3) is 6.24. The molecular formula is C23H26F6N6O2. The number of anilines is 2. The van der Waals surface area contributed by atoms with E-state index in [0.29, 0.717) is 5.56 Å². The van der Waals surface area contributed by atoms with E-state index in [1.165, 1.54) is 17.0 Å². The van der Waals surface area contributed by atoms with E-state index in [2.05, 4.69) is 15.3 Å². The van der Waals surface area contributed by atoms with Crippen molar-refractivity contribution in [3.63, 3.8) is 0 Å². The number of aromatic nitrogens is 2. The van der Waals surface area contributed by atoms with Crippen molar-refractivity contribution >= 4 is 17.5 Å². The number of nitrogens with one attached hydrogen (secondary N) is 1. The fraction of sp³-hybridized carbons (Fsp3) is 0.522. The molecule has 2 atom stereocenters. The normalized spacial score (nSPS) is 22.6. The number of alkyl halides is 5. The minimum Gasteiger partial charge on any atom is -0.377 e. The van der Waals surface area contributed by atoms with Crippen molar-refractivity contribution in [3.8, 4) is 0 Å². The minimum atomic E-state index is -4.49. The van der Waals surface area contributed by atoms with Gasteiger partial charge in [-0.25, -0.2) is 18.7 Å². The van der Waals surface area contributed by atoms with Crippen LogP contribution in [0.15, 0.2) is 30.6 Å². The third-order valence-electron chi connectivity index (χ3n) is 6.52. The first-order valence-corrected chi connectivity index (χ1v) is 11.6. The zero-order chi connectivity index (χ0) is 26.8. The zero-order valence-corrected chi connectivity index (χ0v) is 19.6. The number of nitrogens with two attached hydrogens (primary N) is 1. The quantitative estimate of drug-likeness (QED) is 0.530. The van der Waals surface area contributed by atoms with Gasteiger partial charge in [0.1, 0.15) is 6.33 Å². The van der Waals surface area contributed by atoms with Gasteiger partial charge in [-0.05, 0) is 30.7 Å². The summed E-state index contributed by atoms with van der Waals surface area (Å²) in [6, 6.07) is 3.88. The molecule has 14 heteroatoms. The Balaban J connectivity index is 1.48. The molecule has 0 spiro atoms. The van der Waals surface area contributed by atoms with Gasteiger partial charge in [0.25, 0.3) is 5.92 Å². The summed E-state index contributed by atoms with van der Waals surface area (Å²) in [6.45, 7) is -0.397. The highest BCUT2D eigenvalue weighted by Gasteiger charge is 2.44. The van der Waals surface area contributed by atoms with Crippen molar-refractivity contribution < 1.29 is 35.9 Å². The van der Waals surface area contributed by atoms with E-state index in [1.807, 2.05) is 0 Å². The van der Waals surface area contributed by atoms with Gasteiger partial charge in [-0.15, -0.1) is 0 Å². The molecule has 202 valence electrons. The Labute approximate surface area is 208 Å². The van der Waals surface area contributed by atoms with Crippen LogP contribution in [0.4, 0.5) is 38.0 Å². The number of halogens is 6. The lowest BCUT2D eigenvalue weighted by atomic mass is 9.92. The summed E-state index contributed by atoms with van der Waals surface area (Å²) in [5.41, 5.74) is 4.76. The molecule has 1 aromatic carbocycles. The van der Waals surface area contributed by atoms with Crippen molar-refractivity contribution in [2.24, 2.45) is 11.7 Å². The molecule has 2 fully saturated rings. The molecule has 0 radical (unpaired) electrons. The maximum absolute atomic E-state index is 15.5. The Morgan fingerprint density at radius 3 is 2.57 bits per heavy atom. The summed E-state index contributed by atoms with van der Waals surface area (Å²) < 4.78 is 89.0. The van der Waals surface area contributed by atoms with Gasteiger partial charge in [-0.3, -0.25) is 9.69 Å². The molecule has 0 aliphatic carbocycles. The number of primary amides is 1. The van der Waals surface area contributed by atoms with E-state index in [9.17, 15) is 26.7 Å². The fourth-order valence-corrected chi connectivity index (χ4v) is 4.59. The average Bonchev–Trinajstić information content (AvgIpc) is 2.83. The number of piperidine rings is 1. The maximum atomic E-state index is 15.5. The van der Waals surface area contributed by atoms with Crippen LogP contribution in [0.2, 0.25) is 0 Å². The van der Waals surface area contributed by atoms with E-state index < -0.39 is 47.9 Å². The number of morpholine rings is 1. The topological polar surface area (TPSA) is 96.6 Å². The van der Waals surface area contributed by atoms with Gasteiger partial charge in [-0.1, -0.05) is 12.1 Å². The second-order valence-corrected chi connectivity index (χ2v) is 9.07. The summed E-state index contributed by atoms with van der Waals surface area (Å²) in [6.07, 6.45) is -3.34. The second kappa shape index (κ2) is 10.7. The number of benzene rings is 1. The molecule has 37 heavy (non-hydrogen) atoms. The highest BCUT2D eigenvalue weighted by atomic mass is 19.4. The van der Waals surface area contributed by atoms with Crippen LogP contribution in [-0.2, 0) is 15.7 Å². The highest BCUT2D eigenvalue weighted by Crippen LogP contribution is 2.36. The molecule has 2 aliphatic rings. The Morgan fingerprint density at radius 1 is 1.19 bits per heavy atom. The molecule has 4 rings (SSSR count). The first kappa shape index (κ1) is 26.9. The van der Waals surface area contributed by atoms with Gasteiger partial charge in [-0.2, -0.15) is 17.6 Å². The van der Waals surface area contributed by atoms with E-state index in [-0.39, 0.29) is 57.4 Å². The number of ether oxygens (including phenoxy) is 1. The van der Waals surface area contributed by atoms with Crippen molar-refractivity contribution in [2.75, 3.05) is 56.2 Å². The van der Waals surface area contributed by atoms with Crippen LogP contribution >= 0.6 is 0 Å². The predicted octanol–water partition coefficient (Wildman–Crippen LogP) is 3.07. The van der Waals surface area contributed by atoms with Crippen LogP contribution in [-0.4, -0.2) is 72.6 Å². The predicted molar refractivity (Wildman–Crippen MR) is 122 cm³/mol. The first-order chi connectivity index (χ1) is 17.5. The number of hydrogen-bond acceptors (Lipinski definition) is 7. The number of nitrogens with zero attached hydrogens (tertiary/aromatic N) is 4. The van der Waals surface area contributed by atoms with Gasteiger partial charge in [0.2, 0.25) is 11.7 Å². The molecule has 3 N–H and O–H groups in total. The molecular weight excluding hydrogens is 506 g/mol. The lowest BCUT2D eigenvalue weighted by Gasteiger charge is -2.38. The molecule has 1 aromatic heterocycles. The van der Waals surface area contributed by atoms with Gasteiger partial charge in [0.15, 0.2) is 11.6 Å². The zero-order valence-electron chi connectivity index (χ0n) is 19.6. The molecule has 0 bridgehead atoms. The lowest BCUT2D eigenvalue weighted by Crippen LogP contribution is -2.52. The van der Waals surface area contributed by atoms with Gasteiger partial charge >= 0.3 is 6.18 Å². The summed E-state index contributed by atoms with van der Waals surface area (Å²) in [4.78, 5) is 21.8. The number of likely N-dealkylation sites (tertiary alicyclic amines) is 1. The Morgan fingerprint density at radius 2 is 1.92 bits per heavy atom. The summed E-state index contributed by atoms with van der Waals surface area (Å²) in [5.74, 6) is -6.20. The van der Waals surface area contributed by atoms with Gasteiger partial charge < -0.3 is 20.7 Å². The Bertz CT molecular complexity index is 1100. The van der Waals surface area contributed by atoms with Gasteiger partial charge in [0, 0.05) is 19.0 Å². The molecule has 2 aromatic rings. The Hall–Kier alpha value is -3.13. The number of carbonyl (C=O) groups is 1. The van der Waals surface area contributed by atoms with Crippen LogP contribution in [0, 0.1) is 11.7 Å². The summed E-state index contributed by atoms with van der Waals surface area (Å²) in [5, 5.41) is 2.65. The first-order valence-electron chi connectivity index (χ1n) is 11.6. The molecule has 3 heterocycles. The van der Waals surface area contributed by atoms with Crippen LogP contribution < -0.4 is 16.0 Å². The van der Waals surface area contributed by atoms with Crippen LogP contribution in [0.1, 0.15) is 23.6 Å². The Kier molecular flexibility index (Phi) is 7.78. The van der Waals surface area contributed by atoms with E-state index in [4.69, 9.17) is 10.5 Å². The average molecular weight is 532 g/mol. The number of amides is 1. The molecule has 0 saturated carbocycles. The van der Waals surface area contributed by atoms with Gasteiger partial charge in [0.05, 0.1) is 37.9 Å². The van der Waals surface area contributed by atoms with E-state index in [1.54, 1.807) is 4.90 Å². The summed E-state index contributed by atoms with van der Waals surface area (Å²) >= 11 is 0. The smallest absolute Gasteiger partial charge is 0.377 e. The van der Waals surface area contributed by atoms with E-state index in [0.717, 1.165) is 18.5 Å².